The van der Waals surface area contributed by atoms with Crippen LogP contribution in [-0.2, 0) is 19.1 Å². The van der Waals surface area contributed by atoms with Crippen LogP contribution in [0.4, 0.5) is 0 Å². The number of allylic oxidation sites excluding steroid dienone is 1. The summed E-state index contributed by atoms with van der Waals surface area (Å²) in [5.74, 6) is -1.77. The number of nitrogens with zero attached hydrogens (tertiary/aromatic N) is 2. The summed E-state index contributed by atoms with van der Waals surface area (Å²) in [4.78, 5) is 29.0. The third-order valence-corrected chi connectivity index (χ3v) is 8.27. The van der Waals surface area contributed by atoms with Crippen molar-refractivity contribution in [3.63, 3.8) is 0 Å². The molecular weight excluding hydrogens is 588 g/mol. The Balaban J connectivity index is 4.41. The summed E-state index contributed by atoms with van der Waals surface area (Å²) in [6.07, 6.45) is 25.5. The van der Waals surface area contributed by atoms with Gasteiger partial charge in [0.15, 0.2) is 0 Å². The topological polar surface area (TPSA) is 140 Å². The maximum atomic E-state index is 12.9. The van der Waals surface area contributed by atoms with Crippen LogP contribution >= 0.6 is 0 Å². The van der Waals surface area contributed by atoms with Gasteiger partial charge in [-0.25, -0.2) is 0 Å². The summed E-state index contributed by atoms with van der Waals surface area (Å²) >= 11 is 0. The standard InChI is InChI=1S/C36H70N2O8/c1-2-3-4-5-6-7-8-9-10-11-12-13-14-15-16-17-18-19-20-34(36(44)46-32-26-38(23-29-41)24-30-42)33-35(43)45-31-25-37(21-27-39)22-28-40/h19-20,34,39-42H,2-18,21-33H2,1H3/b20-19+. The molecule has 0 bridgehead atoms. The van der Waals surface area contributed by atoms with E-state index >= 15 is 0 Å². The van der Waals surface area contributed by atoms with E-state index < -0.39 is 17.9 Å². The van der Waals surface area contributed by atoms with Crippen molar-refractivity contribution in [2.24, 2.45) is 5.92 Å². The number of hydrogen-bond acceptors (Lipinski definition) is 10. The van der Waals surface area contributed by atoms with Crippen LogP contribution in [0.1, 0.15) is 122 Å². The number of carbonyl (C=O) groups excluding carboxylic acids is 2. The second kappa shape index (κ2) is 34.8. The number of carbonyl (C=O) groups is 2. The summed E-state index contributed by atoms with van der Waals surface area (Å²) < 4.78 is 10.8. The van der Waals surface area contributed by atoms with Crippen LogP contribution in [0.5, 0.6) is 0 Å². The SMILES string of the molecule is CCCCCCCCCCCCCCCCCC/C=C/C(CC(=O)OCCN(CCO)CCO)C(=O)OCCN(CCO)CCO. The lowest BCUT2D eigenvalue weighted by atomic mass is 10.0. The van der Waals surface area contributed by atoms with E-state index in [9.17, 15) is 19.8 Å². The molecule has 46 heavy (non-hydrogen) atoms. The quantitative estimate of drug-likeness (QED) is 0.0424. The molecule has 0 aliphatic rings. The van der Waals surface area contributed by atoms with Crippen LogP contribution in [0.2, 0.25) is 0 Å². The van der Waals surface area contributed by atoms with Crippen molar-refractivity contribution < 1.29 is 39.5 Å². The minimum Gasteiger partial charge on any atom is -0.464 e. The van der Waals surface area contributed by atoms with Gasteiger partial charge >= 0.3 is 11.9 Å². The third kappa shape index (κ3) is 28.6. The maximum Gasteiger partial charge on any atom is 0.313 e. The Morgan fingerprint density at radius 1 is 0.565 bits per heavy atom. The molecule has 10 nitrogen and oxygen atoms in total. The monoisotopic (exact) mass is 659 g/mol. The molecule has 0 aromatic rings. The molecule has 1 unspecified atom stereocenters. The highest BCUT2D eigenvalue weighted by atomic mass is 16.5. The highest BCUT2D eigenvalue weighted by Gasteiger charge is 2.22. The average Bonchev–Trinajstić information content (AvgIpc) is 3.04. The number of aliphatic hydroxyl groups excluding tert-OH is 4. The Kier molecular flexibility index (Phi) is 33.6. The number of rotatable bonds is 35. The van der Waals surface area contributed by atoms with Gasteiger partial charge in [-0.05, 0) is 12.8 Å². The molecule has 1 atom stereocenters. The van der Waals surface area contributed by atoms with Crippen molar-refractivity contribution in [3.8, 4) is 0 Å². The second-order valence-electron chi connectivity index (χ2n) is 12.3. The summed E-state index contributed by atoms with van der Waals surface area (Å²) in [6, 6.07) is 0. The van der Waals surface area contributed by atoms with Gasteiger partial charge in [0.05, 0.1) is 38.8 Å². The predicted molar refractivity (Wildman–Crippen MR) is 185 cm³/mol. The molecule has 0 aromatic carbocycles. The van der Waals surface area contributed by atoms with Crippen molar-refractivity contribution in [2.45, 2.75) is 122 Å². The van der Waals surface area contributed by atoms with E-state index in [1.807, 2.05) is 6.08 Å². The van der Waals surface area contributed by atoms with E-state index in [0.29, 0.717) is 39.3 Å². The minimum atomic E-state index is -0.760. The molecule has 0 aromatic heterocycles. The average molecular weight is 659 g/mol. The number of esters is 2. The first-order chi connectivity index (χ1) is 22.5. The molecule has 0 fully saturated rings. The van der Waals surface area contributed by atoms with E-state index in [-0.39, 0.29) is 46.1 Å². The lowest BCUT2D eigenvalue weighted by Crippen LogP contribution is -2.34. The molecule has 0 amide bonds. The van der Waals surface area contributed by atoms with Gasteiger partial charge in [-0.15, -0.1) is 0 Å². The number of ether oxygens (including phenoxy) is 2. The van der Waals surface area contributed by atoms with Crippen molar-refractivity contribution in [1.29, 1.82) is 0 Å². The Bertz CT molecular complexity index is 697. The largest absolute Gasteiger partial charge is 0.464 e. The Morgan fingerprint density at radius 3 is 1.37 bits per heavy atom. The molecule has 272 valence electrons. The van der Waals surface area contributed by atoms with E-state index in [1.165, 1.54) is 89.9 Å². The molecule has 0 saturated carbocycles. The molecule has 0 saturated heterocycles. The molecule has 0 radical (unpaired) electrons. The van der Waals surface area contributed by atoms with Crippen LogP contribution in [0.15, 0.2) is 12.2 Å². The minimum absolute atomic E-state index is 0.0555. The van der Waals surface area contributed by atoms with Gasteiger partial charge in [0, 0.05) is 39.3 Å². The van der Waals surface area contributed by atoms with Crippen molar-refractivity contribution in [3.05, 3.63) is 12.2 Å². The highest BCUT2D eigenvalue weighted by Crippen LogP contribution is 2.15. The molecule has 10 heteroatoms. The molecule has 0 rings (SSSR count). The molecule has 4 N–H and O–H groups in total. The van der Waals surface area contributed by atoms with Gasteiger partial charge < -0.3 is 29.9 Å². The molecular formula is C36H70N2O8. The lowest BCUT2D eigenvalue weighted by Gasteiger charge is -2.21. The Morgan fingerprint density at radius 2 is 0.957 bits per heavy atom. The normalized spacial score (nSPS) is 12.4. The first-order valence-corrected chi connectivity index (χ1v) is 18.4. The molecule has 0 aliphatic heterocycles. The van der Waals surface area contributed by atoms with E-state index in [2.05, 4.69) is 6.92 Å². The van der Waals surface area contributed by atoms with Crippen LogP contribution in [0, 0.1) is 5.92 Å². The molecule has 0 aliphatic carbocycles. The predicted octanol–water partition coefficient (Wildman–Crippen LogP) is 4.86. The van der Waals surface area contributed by atoms with Gasteiger partial charge in [-0.3, -0.25) is 19.4 Å². The number of unbranched alkanes of at least 4 members (excludes halogenated alkanes) is 16. The van der Waals surface area contributed by atoms with Gasteiger partial charge in [0.1, 0.15) is 13.2 Å². The van der Waals surface area contributed by atoms with E-state index in [0.717, 1.165) is 19.3 Å². The van der Waals surface area contributed by atoms with Crippen molar-refractivity contribution in [2.75, 3.05) is 78.9 Å². The van der Waals surface area contributed by atoms with E-state index in [4.69, 9.17) is 19.7 Å². The summed E-state index contributed by atoms with van der Waals surface area (Å²) in [5, 5.41) is 36.7. The fourth-order valence-electron chi connectivity index (χ4n) is 5.45. The van der Waals surface area contributed by atoms with Crippen LogP contribution in [0.3, 0.4) is 0 Å². The zero-order chi connectivity index (χ0) is 33.9. The lowest BCUT2D eigenvalue weighted by molar-refractivity contribution is -0.154. The zero-order valence-electron chi connectivity index (χ0n) is 29.3. The van der Waals surface area contributed by atoms with Gasteiger partial charge in [-0.2, -0.15) is 0 Å². The van der Waals surface area contributed by atoms with Crippen LogP contribution < -0.4 is 0 Å². The fourth-order valence-corrected chi connectivity index (χ4v) is 5.45. The number of aliphatic hydroxyl groups is 4. The van der Waals surface area contributed by atoms with Crippen molar-refractivity contribution in [1.82, 2.24) is 9.80 Å². The third-order valence-electron chi connectivity index (χ3n) is 8.27. The molecule has 0 spiro atoms. The first kappa shape index (κ1) is 44.4. The van der Waals surface area contributed by atoms with Gasteiger partial charge in [0.25, 0.3) is 0 Å². The van der Waals surface area contributed by atoms with Crippen molar-refractivity contribution >= 4 is 11.9 Å². The molecule has 0 heterocycles. The Labute approximate surface area is 280 Å². The Hall–Kier alpha value is -1.56. The highest BCUT2D eigenvalue weighted by molar-refractivity contribution is 5.81. The van der Waals surface area contributed by atoms with Crippen LogP contribution in [-0.4, -0.2) is 121 Å². The summed E-state index contributed by atoms with van der Waals surface area (Å²) in [5.41, 5.74) is 0. The second-order valence-corrected chi connectivity index (χ2v) is 12.3. The first-order valence-electron chi connectivity index (χ1n) is 18.4. The summed E-state index contributed by atoms with van der Waals surface area (Å²) in [7, 11) is 0. The van der Waals surface area contributed by atoms with Crippen LogP contribution in [0.25, 0.3) is 0 Å². The smallest absolute Gasteiger partial charge is 0.313 e. The number of hydrogen-bond donors (Lipinski definition) is 4. The fraction of sp³-hybridized carbons (Fsp3) is 0.889. The summed E-state index contributed by atoms with van der Waals surface area (Å²) in [6.45, 7) is 4.47. The van der Waals surface area contributed by atoms with Gasteiger partial charge in [0.2, 0.25) is 0 Å². The maximum absolute atomic E-state index is 12.9. The zero-order valence-corrected chi connectivity index (χ0v) is 29.3. The van der Waals surface area contributed by atoms with Gasteiger partial charge in [-0.1, -0.05) is 115 Å². The van der Waals surface area contributed by atoms with E-state index in [1.54, 1.807) is 15.9 Å².